The molecule has 0 aromatic heterocycles. The molecule has 0 unspecified atom stereocenters. The van der Waals surface area contributed by atoms with Crippen molar-refractivity contribution in [2.45, 2.75) is 11.8 Å². The zero-order chi connectivity index (χ0) is 10.9. The first-order valence-electron chi connectivity index (χ1n) is 3.50. The summed E-state index contributed by atoms with van der Waals surface area (Å²) in [5.41, 5.74) is -1.65. The molecule has 0 amide bonds. The SMILES string of the molecule is Fc1c(F)c(CCl)c(F)c(F)c1CCl. The van der Waals surface area contributed by atoms with E-state index >= 15 is 0 Å². The average molecular weight is 247 g/mol. The maximum atomic E-state index is 13.0. The molecule has 0 saturated heterocycles. The van der Waals surface area contributed by atoms with E-state index in [0.29, 0.717) is 0 Å². The molecule has 0 spiro atoms. The molecule has 1 aromatic carbocycles. The van der Waals surface area contributed by atoms with Gasteiger partial charge in [0.15, 0.2) is 23.3 Å². The van der Waals surface area contributed by atoms with Crippen LogP contribution in [-0.2, 0) is 11.8 Å². The van der Waals surface area contributed by atoms with Crippen molar-refractivity contribution in [1.29, 1.82) is 0 Å². The number of halogens is 6. The second-order valence-electron chi connectivity index (χ2n) is 2.48. The molecular weight excluding hydrogens is 243 g/mol. The van der Waals surface area contributed by atoms with Crippen molar-refractivity contribution in [3.05, 3.63) is 34.4 Å². The van der Waals surface area contributed by atoms with Crippen LogP contribution in [0, 0.1) is 23.3 Å². The Hall–Kier alpha value is -0.480. The number of alkyl halides is 2. The highest BCUT2D eigenvalue weighted by molar-refractivity contribution is 6.17. The molecule has 0 radical (unpaired) electrons. The van der Waals surface area contributed by atoms with Gasteiger partial charge in [0.1, 0.15) is 0 Å². The van der Waals surface area contributed by atoms with Gasteiger partial charge in [0.2, 0.25) is 0 Å². The Labute approximate surface area is 87.4 Å². The molecule has 0 aliphatic heterocycles. The van der Waals surface area contributed by atoms with Gasteiger partial charge in [-0.2, -0.15) is 0 Å². The van der Waals surface area contributed by atoms with Gasteiger partial charge in [-0.15, -0.1) is 23.2 Å². The molecule has 14 heavy (non-hydrogen) atoms. The van der Waals surface area contributed by atoms with Gasteiger partial charge in [-0.05, 0) is 0 Å². The van der Waals surface area contributed by atoms with Crippen molar-refractivity contribution >= 4 is 23.2 Å². The van der Waals surface area contributed by atoms with Crippen molar-refractivity contribution < 1.29 is 17.6 Å². The minimum Gasteiger partial charge on any atom is -0.203 e. The van der Waals surface area contributed by atoms with E-state index in [2.05, 4.69) is 0 Å². The second-order valence-corrected chi connectivity index (χ2v) is 3.01. The van der Waals surface area contributed by atoms with Gasteiger partial charge in [0.25, 0.3) is 0 Å². The largest absolute Gasteiger partial charge is 0.203 e. The van der Waals surface area contributed by atoms with Gasteiger partial charge in [-0.1, -0.05) is 0 Å². The molecule has 1 rings (SSSR count). The van der Waals surface area contributed by atoms with Crippen LogP contribution in [0.1, 0.15) is 11.1 Å². The smallest absolute Gasteiger partial charge is 0.166 e. The van der Waals surface area contributed by atoms with E-state index in [1.165, 1.54) is 0 Å². The Balaban J connectivity index is 3.55. The van der Waals surface area contributed by atoms with Crippen molar-refractivity contribution in [1.82, 2.24) is 0 Å². The molecular formula is C8H4Cl2F4. The van der Waals surface area contributed by atoms with Crippen LogP contribution >= 0.6 is 23.2 Å². The Bertz CT molecular complexity index is 301. The van der Waals surface area contributed by atoms with Gasteiger partial charge in [-0.25, -0.2) is 17.6 Å². The van der Waals surface area contributed by atoms with E-state index < -0.39 is 46.2 Å². The van der Waals surface area contributed by atoms with E-state index in [0.717, 1.165) is 0 Å². The van der Waals surface area contributed by atoms with Crippen LogP contribution in [0.2, 0.25) is 0 Å². The van der Waals surface area contributed by atoms with Gasteiger partial charge in [0.05, 0.1) is 11.8 Å². The number of benzene rings is 1. The third-order valence-corrected chi connectivity index (χ3v) is 2.25. The standard InChI is InChI=1S/C8H4Cl2F4/c9-1-3-5(11)7(13)4(2-10)8(14)6(3)12/h1-2H2. The van der Waals surface area contributed by atoms with Crippen LogP contribution in [0.3, 0.4) is 0 Å². The molecule has 0 bridgehead atoms. The van der Waals surface area contributed by atoms with Crippen LogP contribution < -0.4 is 0 Å². The van der Waals surface area contributed by atoms with Gasteiger partial charge in [-0.3, -0.25) is 0 Å². The molecule has 0 heterocycles. The summed E-state index contributed by atoms with van der Waals surface area (Å²) in [7, 11) is 0. The van der Waals surface area contributed by atoms with Crippen molar-refractivity contribution in [2.75, 3.05) is 0 Å². The first-order chi connectivity index (χ1) is 6.54. The summed E-state index contributed by atoms with van der Waals surface area (Å²) in [5, 5.41) is 0. The number of rotatable bonds is 2. The zero-order valence-corrected chi connectivity index (χ0v) is 8.19. The average Bonchev–Trinajstić information content (AvgIpc) is 2.17. The molecule has 0 aliphatic carbocycles. The van der Waals surface area contributed by atoms with E-state index in [4.69, 9.17) is 23.2 Å². The molecule has 6 heteroatoms. The molecule has 0 fully saturated rings. The van der Waals surface area contributed by atoms with Gasteiger partial charge in [0, 0.05) is 11.1 Å². The fraction of sp³-hybridized carbons (Fsp3) is 0.250. The summed E-state index contributed by atoms with van der Waals surface area (Å²) in [5.74, 6) is -7.25. The molecule has 0 atom stereocenters. The van der Waals surface area contributed by atoms with Gasteiger partial charge >= 0.3 is 0 Å². The predicted molar refractivity (Wildman–Crippen MR) is 45.4 cm³/mol. The Morgan fingerprint density at radius 2 is 0.857 bits per heavy atom. The quantitative estimate of drug-likeness (QED) is 0.424. The van der Waals surface area contributed by atoms with E-state index in [9.17, 15) is 17.6 Å². The molecule has 78 valence electrons. The van der Waals surface area contributed by atoms with E-state index in [1.54, 1.807) is 0 Å². The summed E-state index contributed by atoms with van der Waals surface area (Å²) in [4.78, 5) is 0. The van der Waals surface area contributed by atoms with Crippen LogP contribution in [-0.4, -0.2) is 0 Å². The van der Waals surface area contributed by atoms with Crippen molar-refractivity contribution in [3.8, 4) is 0 Å². The Kier molecular flexibility index (Phi) is 3.61. The van der Waals surface area contributed by atoms with Crippen LogP contribution in [0.25, 0.3) is 0 Å². The van der Waals surface area contributed by atoms with Crippen LogP contribution in [0.15, 0.2) is 0 Å². The Morgan fingerprint density at radius 1 is 0.643 bits per heavy atom. The Morgan fingerprint density at radius 3 is 1.00 bits per heavy atom. The lowest BCUT2D eigenvalue weighted by Gasteiger charge is -2.07. The first kappa shape index (κ1) is 11.6. The lowest BCUT2D eigenvalue weighted by molar-refractivity contribution is 0.434. The van der Waals surface area contributed by atoms with Crippen molar-refractivity contribution in [3.63, 3.8) is 0 Å². The lowest BCUT2D eigenvalue weighted by atomic mass is 10.1. The lowest BCUT2D eigenvalue weighted by Crippen LogP contribution is -2.06. The predicted octanol–water partition coefficient (Wildman–Crippen LogP) is 3.72. The molecule has 0 aliphatic rings. The van der Waals surface area contributed by atoms with Crippen LogP contribution in [0.5, 0.6) is 0 Å². The summed E-state index contributed by atoms with van der Waals surface area (Å²) in [6, 6.07) is 0. The highest BCUT2D eigenvalue weighted by Crippen LogP contribution is 2.26. The van der Waals surface area contributed by atoms with E-state index in [-0.39, 0.29) is 0 Å². The highest BCUT2D eigenvalue weighted by Gasteiger charge is 2.23. The number of hydrogen-bond donors (Lipinski definition) is 0. The fourth-order valence-corrected chi connectivity index (χ4v) is 1.43. The maximum absolute atomic E-state index is 13.0. The normalized spacial score (nSPS) is 10.7. The monoisotopic (exact) mass is 246 g/mol. The highest BCUT2D eigenvalue weighted by atomic mass is 35.5. The molecule has 0 N–H and O–H groups in total. The third kappa shape index (κ3) is 1.68. The molecule has 0 saturated carbocycles. The minimum atomic E-state index is -1.49. The van der Waals surface area contributed by atoms with Crippen molar-refractivity contribution in [2.24, 2.45) is 0 Å². The molecule has 1 aromatic rings. The summed E-state index contributed by atoms with van der Waals surface area (Å²) in [6.45, 7) is 0. The minimum absolute atomic E-state index is 0.645. The summed E-state index contributed by atoms with van der Waals surface area (Å²) < 4.78 is 51.9. The fourth-order valence-electron chi connectivity index (χ4n) is 0.957. The first-order valence-corrected chi connectivity index (χ1v) is 4.57. The number of hydrogen-bond acceptors (Lipinski definition) is 0. The summed E-state index contributed by atoms with van der Waals surface area (Å²) in [6.07, 6.45) is 0. The third-order valence-electron chi connectivity index (χ3n) is 1.71. The zero-order valence-electron chi connectivity index (χ0n) is 6.68. The summed E-state index contributed by atoms with van der Waals surface area (Å²) >= 11 is 10.3. The van der Waals surface area contributed by atoms with Gasteiger partial charge < -0.3 is 0 Å². The maximum Gasteiger partial charge on any atom is 0.166 e. The topological polar surface area (TPSA) is 0 Å². The second kappa shape index (κ2) is 4.36. The molecule has 0 nitrogen and oxygen atoms in total. The van der Waals surface area contributed by atoms with E-state index in [1.807, 2.05) is 0 Å². The van der Waals surface area contributed by atoms with Crippen LogP contribution in [0.4, 0.5) is 17.6 Å².